The van der Waals surface area contributed by atoms with Crippen molar-refractivity contribution in [3.63, 3.8) is 0 Å². The number of aromatic nitrogens is 2. The first kappa shape index (κ1) is 13.6. The van der Waals surface area contributed by atoms with Crippen LogP contribution in [0.25, 0.3) is 0 Å². The minimum absolute atomic E-state index is 0.0735. The van der Waals surface area contributed by atoms with E-state index in [1.54, 1.807) is 0 Å². The van der Waals surface area contributed by atoms with Gasteiger partial charge in [0.15, 0.2) is 0 Å². The van der Waals surface area contributed by atoms with Crippen molar-refractivity contribution in [3.8, 4) is 0 Å². The minimum atomic E-state index is 0.0735. The van der Waals surface area contributed by atoms with E-state index in [4.69, 9.17) is 4.74 Å². The highest BCUT2D eigenvalue weighted by atomic mass is 16.5. The molecule has 1 atom stereocenters. The first-order valence-electron chi connectivity index (χ1n) is 7.04. The van der Waals surface area contributed by atoms with Crippen LogP contribution in [0.15, 0.2) is 12.5 Å². The first-order valence-corrected chi connectivity index (χ1v) is 7.04. The second-order valence-electron chi connectivity index (χ2n) is 5.21. The van der Waals surface area contributed by atoms with Gasteiger partial charge in [-0.25, -0.2) is 4.98 Å². The van der Waals surface area contributed by atoms with Gasteiger partial charge in [-0.2, -0.15) is 0 Å². The van der Waals surface area contributed by atoms with Crippen molar-refractivity contribution in [1.82, 2.24) is 14.9 Å². The Balaban J connectivity index is 2.15. The third-order valence-electron chi connectivity index (χ3n) is 4.25. The third kappa shape index (κ3) is 2.59. The summed E-state index contributed by atoms with van der Waals surface area (Å²) in [5.74, 6) is 0. The number of rotatable bonds is 5. The number of hydrogen-bond acceptors (Lipinski definition) is 3. The number of hydrogen-bond donors (Lipinski definition) is 1. The van der Waals surface area contributed by atoms with Crippen LogP contribution in [0.5, 0.6) is 0 Å². The normalized spacial score (nSPS) is 23.2. The lowest BCUT2D eigenvalue weighted by Gasteiger charge is -2.40. The Morgan fingerprint density at radius 2 is 2.28 bits per heavy atom. The van der Waals surface area contributed by atoms with E-state index >= 15 is 0 Å². The molecule has 2 rings (SSSR count). The fraction of sp³-hybridized carbons (Fsp3) is 0.786. The molecule has 0 spiro atoms. The molecule has 0 aliphatic carbocycles. The summed E-state index contributed by atoms with van der Waals surface area (Å²) >= 11 is 0. The molecule has 1 aromatic rings. The molecule has 1 N–H and O–H groups in total. The number of ether oxygens (including phenoxy) is 1. The molecule has 0 radical (unpaired) electrons. The van der Waals surface area contributed by atoms with Gasteiger partial charge in [0.2, 0.25) is 0 Å². The van der Waals surface area contributed by atoms with Gasteiger partial charge < -0.3 is 14.6 Å². The molecule has 1 aliphatic heterocycles. The molecule has 0 amide bonds. The maximum Gasteiger partial charge on any atom is 0.0951 e. The van der Waals surface area contributed by atoms with Gasteiger partial charge >= 0.3 is 0 Å². The van der Waals surface area contributed by atoms with Crippen molar-refractivity contribution in [2.45, 2.75) is 57.7 Å². The Kier molecular flexibility index (Phi) is 4.40. The zero-order chi connectivity index (χ0) is 13.0. The maximum atomic E-state index is 6.04. The van der Waals surface area contributed by atoms with Crippen molar-refractivity contribution in [3.05, 3.63) is 18.2 Å². The minimum Gasteiger partial charge on any atom is -0.375 e. The molecule has 1 fully saturated rings. The summed E-state index contributed by atoms with van der Waals surface area (Å²) in [5.41, 5.74) is 1.34. The second-order valence-corrected chi connectivity index (χ2v) is 5.21. The van der Waals surface area contributed by atoms with E-state index in [2.05, 4.69) is 28.7 Å². The molecule has 2 heterocycles. The summed E-state index contributed by atoms with van der Waals surface area (Å²) in [4.78, 5) is 4.30. The molecular formula is C14H25N3O. The maximum absolute atomic E-state index is 6.04. The highest BCUT2D eigenvalue weighted by Crippen LogP contribution is 2.37. The van der Waals surface area contributed by atoms with Gasteiger partial charge in [0.25, 0.3) is 0 Å². The molecule has 4 nitrogen and oxygen atoms in total. The summed E-state index contributed by atoms with van der Waals surface area (Å²) in [5, 5.41) is 3.21. The van der Waals surface area contributed by atoms with Gasteiger partial charge in [-0.1, -0.05) is 13.8 Å². The molecular weight excluding hydrogens is 226 g/mol. The Morgan fingerprint density at radius 3 is 2.94 bits per heavy atom. The van der Waals surface area contributed by atoms with Gasteiger partial charge in [-0.3, -0.25) is 0 Å². The van der Waals surface area contributed by atoms with Gasteiger partial charge in [-0.15, -0.1) is 0 Å². The highest BCUT2D eigenvalue weighted by molar-refractivity contribution is 5.02. The van der Waals surface area contributed by atoms with E-state index in [-0.39, 0.29) is 5.60 Å². The molecule has 0 aromatic carbocycles. The van der Waals surface area contributed by atoms with E-state index < -0.39 is 0 Å². The van der Waals surface area contributed by atoms with Crippen LogP contribution in [-0.4, -0.2) is 28.8 Å². The fourth-order valence-electron chi connectivity index (χ4n) is 2.96. The van der Waals surface area contributed by atoms with Crippen LogP contribution in [0.2, 0.25) is 0 Å². The molecule has 18 heavy (non-hydrogen) atoms. The van der Waals surface area contributed by atoms with Crippen LogP contribution in [0.4, 0.5) is 0 Å². The lowest BCUT2D eigenvalue weighted by molar-refractivity contribution is -0.0989. The molecule has 4 heteroatoms. The fourth-order valence-corrected chi connectivity index (χ4v) is 2.96. The smallest absolute Gasteiger partial charge is 0.0951 e. The van der Waals surface area contributed by atoms with Crippen molar-refractivity contribution in [2.75, 3.05) is 13.7 Å². The van der Waals surface area contributed by atoms with Crippen molar-refractivity contribution in [1.29, 1.82) is 0 Å². The Bertz CT molecular complexity index is 371. The van der Waals surface area contributed by atoms with Crippen molar-refractivity contribution >= 4 is 0 Å². The zero-order valence-corrected chi connectivity index (χ0v) is 11.8. The average molecular weight is 251 g/mol. The van der Waals surface area contributed by atoms with Crippen LogP contribution >= 0.6 is 0 Å². The largest absolute Gasteiger partial charge is 0.375 e. The molecule has 1 unspecified atom stereocenters. The molecule has 1 aromatic heterocycles. The third-order valence-corrected chi connectivity index (χ3v) is 4.25. The summed E-state index contributed by atoms with van der Waals surface area (Å²) in [7, 11) is 1.98. The van der Waals surface area contributed by atoms with E-state index in [0.29, 0.717) is 6.04 Å². The second kappa shape index (κ2) is 5.85. The topological polar surface area (TPSA) is 39.1 Å². The van der Waals surface area contributed by atoms with Gasteiger partial charge in [0, 0.05) is 25.4 Å². The highest BCUT2D eigenvalue weighted by Gasteiger charge is 2.35. The number of nitrogens with zero attached hydrogens (tertiary/aromatic N) is 2. The van der Waals surface area contributed by atoms with Crippen molar-refractivity contribution in [2.24, 2.45) is 0 Å². The van der Waals surface area contributed by atoms with Gasteiger partial charge in [0.1, 0.15) is 0 Å². The predicted molar refractivity (Wildman–Crippen MR) is 72.5 cm³/mol. The summed E-state index contributed by atoms with van der Waals surface area (Å²) in [6.07, 6.45) is 8.32. The number of nitrogens with one attached hydrogen (secondary N) is 1. The summed E-state index contributed by atoms with van der Waals surface area (Å²) in [6, 6.07) is 0.532. The van der Waals surface area contributed by atoms with Crippen LogP contribution in [0.3, 0.4) is 0 Å². The van der Waals surface area contributed by atoms with Crippen LogP contribution in [0, 0.1) is 0 Å². The zero-order valence-electron chi connectivity index (χ0n) is 11.8. The Labute approximate surface area is 110 Å². The summed E-state index contributed by atoms with van der Waals surface area (Å²) in [6.45, 7) is 6.20. The van der Waals surface area contributed by atoms with Crippen LogP contribution in [-0.2, 0) is 11.3 Å². The van der Waals surface area contributed by atoms with Gasteiger partial charge in [0.05, 0.1) is 17.6 Å². The van der Waals surface area contributed by atoms with E-state index in [1.807, 2.05) is 19.6 Å². The van der Waals surface area contributed by atoms with Crippen LogP contribution in [0.1, 0.15) is 51.3 Å². The lowest BCUT2D eigenvalue weighted by Crippen LogP contribution is -2.39. The van der Waals surface area contributed by atoms with E-state index in [0.717, 1.165) is 38.8 Å². The van der Waals surface area contributed by atoms with E-state index in [1.165, 1.54) is 5.69 Å². The Morgan fingerprint density at radius 1 is 1.50 bits per heavy atom. The van der Waals surface area contributed by atoms with Gasteiger partial charge in [-0.05, 0) is 32.7 Å². The number of imidazole rings is 1. The average Bonchev–Trinajstić information content (AvgIpc) is 2.87. The lowest BCUT2D eigenvalue weighted by atomic mass is 9.85. The molecule has 1 aliphatic rings. The predicted octanol–water partition coefficient (Wildman–Crippen LogP) is 2.51. The quantitative estimate of drug-likeness (QED) is 0.874. The molecule has 0 saturated carbocycles. The van der Waals surface area contributed by atoms with Crippen LogP contribution < -0.4 is 5.32 Å². The monoisotopic (exact) mass is 251 g/mol. The summed E-state index contributed by atoms with van der Waals surface area (Å²) < 4.78 is 8.38. The molecule has 102 valence electrons. The Hall–Kier alpha value is -0.870. The van der Waals surface area contributed by atoms with E-state index in [9.17, 15) is 0 Å². The standard InChI is InChI=1S/C14H25N3O/c1-4-14(5-2)8-12(6-7-18-14)17-11-16-10-13(17)9-15-3/h10-12,15H,4-9H2,1-3H3. The SMILES string of the molecule is CCC1(CC)CC(n2cncc2CNC)CCO1. The first-order chi connectivity index (χ1) is 8.74. The van der Waals surface area contributed by atoms with Crippen molar-refractivity contribution < 1.29 is 4.74 Å². The molecule has 0 bridgehead atoms. The molecule has 1 saturated heterocycles.